The first-order valence-corrected chi connectivity index (χ1v) is 12.1. The van der Waals surface area contributed by atoms with E-state index in [1.165, 1.54) is 17.3 Å². The molecule has 0 aliphatic heterocycles. The number of ether oxygens (including phenoxy) is 1. The van der Waals surface area contributed by atoms with Crippen molar-refractivity contribution in [3.63, 3.8) is 0 Å². The highest BCUT2D eigenvalue weighted by Gasteiger charge is 2.17. The van der Waals surface area contributed by atoms with Crippen LogP contribution in [0.2, 0.25) is 0 Å². The average molecular weight is 477 g/mol. The Hall–Kier alpha value is -3.59. The number of aryl methyl sites for hydroxylation is 1. The molecule has 0 saturated heterocycles. The summed E-state index contributed by atoms with van der Waals surface area (Å²) in [5.74, 6) is 2.33. The third kappa shape index (κ3) is 5.66. The summed E-state index contributed by atoms with van der Waals surface area (Å²) in [7, 11) is 1.64. The van der Waals surface area contributed by atoms with E-state index in [0.29, 0.717) is 17.5 Å². The highest BCUT2D eigenvalue weighted by Crippen LogP contribution is 2.26. The predicted octanol–water partition coefficient (Wildman–Crippen LogP) is 4.70. The van der Waals surface area contributed by atoms with Gasteiger partial charge in [-0.15, -0.1) is 10.2 Å². The number of rotatable bonds is 10. The maximum Gasteiger partial charge on any atom is 0.235 e. The zero-order valence-electron chi connectivity index (χ0n) is 19.5. The van der Waals surface area contributed by atoms with Gasteiger partial charge in [-0.3, -0.25) is 4.79 Å². The van der Waals surface area contributed by atoms with E-state index in [1.54, 1.807) is 24.1 Å². The Morgan fingerprint density at radius 2 is 1.82 bits per heavy atom. The summed E-state index contributed by atoms with van der Waals surface area (Å²) in [6.45, 7) is 4.74. The lowest BCUT2D eigenvalue weighted by Gasteiger charge is -2.12. The van der Waals surface area contributed by atoms with Crippen molar-refractivity contribution in [3.8, 4) is 17.1 Å². The highest BCUT2D eigenvalue weighted by molar-refractivity contribution is 7.99. The summed E-state index contributed by atoms with van der Waals surface area (Å²) in [5.41, 5.74) is 2.17. The molecule has 2 aromatic heterocycles. The zero-order chi connectivity index (χ0) is 23.9. The van der Waals surface area contributed by atoms with Crippen LogP contribution in [-0.4, -0.2) is 43.3 Å². The van der Waals surface area contributed by atoms with Gasteiger partial charge in [-0.25, -0.2) is 4.68 Å². The number of aromatic nitrogens is 5. The maximum absolute atomic E-state index is 12.7. The molecule has 1 N–H and O–H groups in total. The maximum atomic E-state index is 12.7. The van der Waals surface area contributed by atoms with E-state index >= 15 is 0 Å². The molecule has 0 radical (unpaired) electrons. The number of amides is 1. The molecule has 9 heteroatoms. The van der Waals surface area contributed by atoms with Gasteiger partial charge in [-0.05, 0) is 50.1 Å². The van der Waals surface area contributed by atoms with Crippen LogP contribution in [0.1, 0.15) is 25.5 Å². The molecule has 0 spiro atoms. The number of nitrogens with zero attached hydrogens (tertiary/aromatic N) is 5. The van der Waals surface area contributed by atoms with Crippen LogP contribution in [0.15, 0.2) is 72.0 Å². The summed E-state index contributed by atoms with van der Waals surface area (Å²) < 4.78 is 9.14. The van der Waals surface area contributed by atoms with Crippen molar-refractivity contribution in [1.29, 1.82) is 0 Å². The molecule has 0 fully saturated rings. The number of carbonyl (C=O) groups is 1. The van der Waals surface area contributed by atoms with Gasteiger partial charge in [0.25, 0.3) is 0 Å². The lowest BCUT2D eigenvalue weighted by atomic mass is 10.1. The monoisotopic (exact) mass is 476 g/mol. The normalized spacial score (nSPS) is 11.1. The molecule has 4 rings (SSSR count). The highest BCUT2D eigenvalue weighted by atomic mass is 32.2. The van der Waals surface area contributed by atoms with Crippen molar-refractivity contribution in [2.45, 2.75) is 38.0 Å². The predicted molar refractivity (Wildman–Crippen MR) is 134 cm³/mol. The van der Waals surface area contributed by atoms with Crippen LogP contribution in [0, 0.1) is 0 Å². The van der Waals surface area contributed by atoms with Gasteiger partial charge in [0.1, 0.15) is 11.6 Å². The molecule has 0 unspecified atom stereocenters. The smallest absolute Gasteiger partial charge is 0.235 e. The Morgan fingerprint density at radius 1 is 1.06 bits per heavy atom. The first kappa shape index (κ1) is 23.6. The van der Waals surface area contributed by atoms with Crippen molar-refractivity contribution < 1.29 is 9.53 Å². The minimum absolute atomic E-state index is 0.115. The van der Waals surface area contributed by atoms with Crippen LogP contribution in [-0.2, 0) is 17.8 Å². The van der Waals surface area contributed by atoms with Gasteiger partial charge in [0.15, 0.2) is 11.0 Å². The molecule has 34 heavy (non-hydrogen) atoms. The summed E-state index contributed by atoms with van der Waals surface area (Å²) in [6.07, 6.45) is 2.51. The average Bonchev–Trinajstić information content (AvgIpc) is 3.49. The second-order valence-electron chi connectivity index (χ2n) is 8.01. The summed E-state index contributed by atoms with van der Waals surface area (Å²) >= 11 is 1.37. The second kappa shape index (κ2) is 11.0. The number of thioether (sulfide) groups is 1. The fraction of sp³-hybridized carbons (Fsp3) is 0.280. The Balaban J connectivity index is 1.51. The summed E-state index contributed by atoms with van der Waals surface area (Å²) in [5, 5.41) is 16.8. The topological polar surface area (TPSA) is 86.9 Å². The minimum atomic E-state index is -0.115. The SMILES string of the molecule is COc1ccc(-c2nnc(SCC(=O)Nc3ccnn3C(C)C)n2CCc2ccccc2)cc1. The molecule has 4 aromatic rings. The van der Waals surface area contributed by atoms with Crippen molar-refractivity contribution in [2.24, 2.45) is 0 Å². The Bertz CT molecular complexity index is 1220. The number of hydrogen-bond acceptors (Lipinski definition) is 6. The number of methoxy groups -OCH3 is 1. The molecule has 0 bridgehead atoms. The molecule has 1 amide bonds. The molecule has 0 aliphatic rings. The van der Waals surface area contributed by atoms with Crippen LogP contribution in [0.25, 0.3) is 11.4 Å². The van der Waals surface area contributed by atoms with E-state index in [-0.39, 0.29) is 17.7 Å². The van der Waals surface area contributed by atoms with Crippen molar-refractivity contribution >= 4 is 23.5 Å². The number of carbonyl (C=O) groups excluding carboxylic acids is 1. The van der Waals surface area contributed by atoms with Crippen molar-refractivity contribution in [3.05, 3.63) is 72.4 Å². The van der Waals surface area contributed by atoms with Gasteiger partial charge in [0, 0.05) is 24.2 Å². The van der Waals surface area contributed by atoms with E-state index in [4.69, 9.17) is 4.74 Å². The van der Waals surface area contributed by atoms with Crippen LogP contribution in [0.3, 0.4) is 0 Å². The van der Waals surface area contributed by atoms with Gasteiger partial charge >= 0.3 is 0 Å². The van der Waals surface area contributed by atoms with E-state index in [0.717, 1.165) is 23.6 Å². The van der Waals surface area contributed by atoms with Crippen LogP contribution < -0.4 is 10.1 Å². The van der Waals surface area contributed by atoms with Gasteiger partial charge < -0.3 is 14.6 Å². The first-order valence-electron chi connectivity index (χ1n) is 11.1. The molecular formula is C25H28N6O2S. The number of hydrogen-bond donors (Lipinski definition) is 1. The minimum Gasteiger partial charge on any atom is -0.497 e. The molecule has 2 heterocycles. The molecule has 8 nitrogen and oxygen atoms in total. The molecular weight excluding hydrogens is 448 g/mol. The van der Waals surface area contributed by atoms with Crippen molar-refractivity contribution in [1.82, 2.24) is 24.5 Å². The molecule has 0 atom stereocenters. The van der Waals surface area contributed by atoms with E-state index < -0.39 is 0 Å². The summed E-state index contributed by atoms with van der Waals surface area (Å²) in [4.78, 5) is 12.7. The van der Waals surface area contributed by atoms with E-state index in [1.807, 2.05) is 56.3 Å². The standard InChI is InChI=1S/C25H28N6O2S/c1-18(2)31-22(13-15-26-31)27-23(32)17-34-25-29-28-24(20-9-11-21(33-3)12-10-20)30(25)16-14-19-7-5-4-6-8-19/h4-13,15,18H,14,16-17H2,1-3H3,(H,27,32). The van der Waals surface area contributed by atoms with E-state index in [9.17, 15) is 4.79 Å². The van der Waals surface area contributed by atoms with Gasteiger partial charge in [0.2, 0.25) is 5.91 Å². The van der Waals surface area contributed by atoms with Gasteiger partial charge in [0.05, 0.1) is 19.1 Å². The first-order chi connectivity index (χ1) is 16.5. The zero-order valence-corrected chi connectivity index (χ0v) is 20.3. The number of nitrogens with one attached hydrogen (secondary N) is 1. The summed E-state index contributed by atoms with van der Waals surface area (Å²) in [6, 6.07) is 20.0. The third-order valence-corrected chi connectivity index (χ3v) is 6.26. The Kier molecular flexibility index (Phi) is 7.64. The Labute approximate surface area is 203 Å². The number of anilines is 1. The molecule has 2 aromatic carbocycles. The third-order valence-electron chi connectivity index (χ3n) is 5.29. The largest absolute Gasteiger partial charge is 0.497 e. The second-order valence-corrected chi connectivity index (χ2v) is 8.96. The molecule has 0 saturated carbocycles. The van der Waals surface area contributed by atoms with Crippen LogP contribution >= 0.6 is 11.8 Å². The van der Waals surface area contributed by atoms with E-state index in [2.05, 4.69) is 37.3 Å². The lowest BCUT2D eigenvalue weighted by Crippen LogP contribution is -2.18. The molecule has 176 valence electrons. The van der Waals surface area contributed by atoms with Gasteiger partial charge in [-0.1, -0.05) is 42.1 Å². The Morgan fingerprint density at radius 3 is 2.53 bits per heavy atom. The fourth-order valence-corrected chi connectivity index (χ4v) is 4.33. The van der Waals surface area contributed by atoms with Crippen LogP contribution in [0.4, 0.5) is 5.82 Å². The fourth-order valence-electron chi connectivity index (χ4n) is 3.57. The van der Waals surface area contributed by atoms with Crippen molar-refractivity contribution in [2.75, 3.05) is 18.2 Å². The quantitative estimate of drug-likeness (QED) is 0.334. The van der Waals surface area contributed by atoms with Crippen LogP contribution in [0.5, 0.6) is 5.75 Å². The number of benzene rings is 2. The lowest BCUT2D eigenvalue weighted by molar-refractivity contribution is -0.113. The van der Waals surface area contributed by atoms with Gasteiger partial charge in [-0.2, -0.15) is 5.10 Å². The molecule has 0 aliphatic carbocycles.